The Morgan fingerprint density at radius 1 is 1.53 bits per heavy atom. The largest absolute Gasteiger partial charge is 0.481 e. The van der Waals surface area contributed by atoms with Gasteiger partial charge in [0.05, 0.1) is 5.75 Å². The fraction of sp³-hybridized carbons (Fsp3) is 0.875. The molecule has 0 saturated heterocycles. The Balaban J connectivity index is 3.47. The predicted octanol–water partition coefficient (Wildman–Crippen LogP) is -0.492. The van der Waals surface area contributed by atoms with Crippen molar-refractivity contribution < 1.29 is 18.3 Å². The zero-order valence-corrected chi connectivity index (χ0v) is 9.59. The monoisotopic (exact) mass is 238 g/mol. The van der Waals surface area contributed by atoms with Crippen molar-refractivity contribution in [1.29, 1.82) is 0 Å². The van der Waals surface area contributed by atoms with Crippen molar-refractivity contribution in [3.8, 4) is 0 Å². The molecule has 0 aliphatic heterocycles. The molecule has 0 aliphatic rings. The van der Waals surface area contributed by atoms with Crippen LogP contribution in [0.3, 0.4) is 0 Å². The van der Waals surface area contributed by atoms with Crippen LogP contribution in [-0.2, 0) is 14.8 Å². The summed E-state index contributed by atoms with van der Waals surface area (Å²) < 4.78 is 21.1. The van der Waals surface area contributed by atoms with Crippen LogP contribution in [0.2, 0.25) is 0 Å². The molecule has 0 rings (SSSR count). The smallest absolute Gasteiger partial charge is 0.303 e. The van der Waals surface area contributed by atoms with Crippen molar-refractivity contribution in [3.05, 3.63) is 0 Å². The fourth-order valence-corrected chi connectivity index (χ4v) is 1.61. The number of hydrogen-bond acceptors (Lipinski definition) is 4. The van der Waals surface area contributed by atoms with Gasteiger partial charge in [-0.1, -0.05) is 0 Å². The van der Waals surface area contributed by atoms with Gasteiger partial charge in [-0.2, -0.15) is 0 Å². The molecule has 0 aliphatic carbocycles. The minimum absolute atomic E-state index is 0.0499. The Kier molecular flexibility index (Phi) is 6.46. The van der Waals surface area contributed by atoms with Gasteiger partial charge in [0.15, 0.2) is 0 Å². The van der Waals surface area contributed by atoms with Gasteiger partial charge in [-0.05, 0) is 26.3 Å². The van der Waals surface area contributed by atoms with E-state index < -0.39 is 16.0 Å². The summed E-state index contributed by atoms with van der Waals surface area (Å²) in [4.78, 5) is 10.2. The number of carboxylic acid groups (broad SMARTS) is 1. The maximum atomic E-state index is 10.6. The van der Waals surface area contributed by atoms with Crippen LogP contribution in [0.15, 0.2) is 0 Å². The lowest BCUT2D eigenvalue weighted by Gasteiger charge is -2.11. The van der Waals surface area contributed by atoms with Gasteiger partial charge in [0, 0.05) is 12.5 Å². The molecule has 0 amide bonds. The van der Waals surface area contributed by atoms with Crippen LogP contribution < -0.4 is 10.5 Å². The molecule has 15 heavy (non-hydrogen) atoms. The van der Waals surface area contributed by atoms with Crippen LogP contribution in [0, 0.1) is 0 Å². The van der Waals surface area contributed by atoms with Gasteiger partial charge >= 0.3 is 5.97 Å². The van der Waals surface area contributed by atoms with Crippen molar-refractivity contribution in [2.24, 2.45) is 5.14 Å². The first kappa shape index (κ1) is 14.3. The van der Waals surface area contributed by atoms with Crippen LogP contribution >= 0.6 is 0 Å². The lowest BCUT2D eigenvalue weighted by atomic mass is 10.2. The molecule has 0 saturated carbocycles. The minimum atomic E-state index is -3.38. The molecule has 0 spiro atoms. The molecule has 0 aromatic rings. The summed E-state index contributed by atoms with van der Waals surface area (Å²) in [6.45, 7) is 2.39. The molecule has 1 atom stereocenters. The van der Waals surface area contributed by atoms with E-state index in [0.29, 0.717) is 19.4 Å². The van der Waals surface area contributed by atoms with E-state index in [4.69, 9.17) is 10.2 Å². The number of nitrogens with one attached hydrogen (secondary N) is 1. The SMILES string of the molecule is CC(CCC(=O)O)NCCCS(N)(=O)=O. The number of aliphatic carboxylic acids is 1. The molecule has 0 fully saturated rings. The second-order valence-electron chi connectivity index (χ2n) is 3.51. The first-order valence-corrected chi connectivity index (χ1v) is 6.48. The van der Waals surface area contributed by atoms with Crippen LogP contribution in [-0.4, -0.2) is 37.8 Å². The first-order chi connectivity index (χ1) is 6.81. The topological polar surface area (TPSA) is 109 Å². The quantitative estimate of drug-likeness (QED) is 0.494. The Bertz CT molecular complexity index is 289. The van der Waals surface area contributed by atoms with Crippen LogP contribution in [0.4, 0.5) is 0 Å². The molecule has 7 heteroatoms. The Morgan fingerprint density at radius 3 is 2.60 bits per heavy atom. The lowest BCUT2D eigenvalue weighted by molar-refractivity contribution is -0.137. The second kappa shape index (κ2) is 6.76. The summed E-state index contributed by atoms with van der Waals surface area (Å²) in [6, 6.07) is 0.0709. The second-order valence-corrected chi connectivity index (χ2v) is 5.24. The number of sulfonamides is 1. The summed E-state index contributed by atoms with van der Waals surface area (Å²) in [5.74, 6) is -0.876. The van der Waals surface area contributed by atoms with Crippen molar-refractivity contribution in [2.75, 3.05) is 12.3 Å². The lowest BCUT2D eigenvalue weighted by Crippen LogP contribution is -2.29. The summed E-state index contributed by atoms with van der Waals surface area (Å²) in [7, 11) is -3.38. The summed E-state index contributed by atoms with van der Waals surface area (Å²) >= 11 is 0. The minimum Gasteiger partial charge on any atom is -0.481 e. The van der Waals surface area contributed by atoms with E-state index in [1.54, 1.807) is 0 Å². The molecular formula is C8H18N2O4S. The maximum absolute atomic E-state index is 10.6. The zero-order chi connectivity index (χ0) is 11.9. The standard InChI is InChI=1S/C8H18N2O4S/c1-7(3-4-8(11)12)10-5-2-6-15(9,13)14/h7,10H,2-6H2,1H3,(H,11,12)(H2,9,13,14). The predicted molar refractivity (Wildman–Crippen MR) is 56.9 cm³/mol. The van der Waals surface area contributed by atoms with E-state index in [1.165, 1.54) is 0 Å². The average Bonchev–Trinajstić information content (AvgIpc) is 2.07. The third-order valence-corrected chi connectivity index (χ3v) is 2.75. The van der Waals surface area contributed by atoms with Gasteiger partial charge in [0.1, 0.15) is 0 Å². The van der Waals surface area contributed by atoms with Gasteiger partial charge in [-0.3, -0.25) is 4.79 Å². The zero-order valence-electron chi connectivity index (χ0n) is 8.77. The van der Waals surface area contributed by atoms with Crippen LogP contribution in [0.5, 0.6) is 0 Å². The highest BCUT2D eigenvalue weighted by atomic mass is 32.2. The number of hydrogen-bond donors (Lipinski definition) is 3. The van der Waals surface area contributed by atoms with Gasteiger partial charge in [0.2, 0.25) is 10.0 Å². The van der Waals surface area contributed by atoms with Gasteiger partial charge in [0.25, 0.3) is 0 Å². The maximum Gasteiger partial charge on any atom is 0.303 e. The summed E-state index contributed by atoms with van der Waals surface area (Å²) in [5, 5.41) is 16.3. The molecule has 0 aromatic carbocycles. The number of carbonyl (C=O) groups is 1. The van der Waals surface area contributed by atoms with Crippen molar-refractivity contribution in [3.63, 3.8) is 0 Å². The Labute approximate surface area is 89.9 Å². The molecule has 0 bridgehead atoms. The molecule has 0 heterocycles. The normalized spacial score (nSPS) is 13.7. The Hall–Kier alpha value is -0.660. The van der Waals surface area contributed by atoms with Crippen LogP contribution in [0.25, 0.3) is 0 Å². The fourth-order valence-electron chi connectivity index (χ4n) is 1.06. The third-order valence-electron chi connectivity index (χ3n) is 1.89. The molecule has 4 N–H and O–H groups in total. The van der Waals surface area contributed by atoms with E-state index in [2.05, 4.69) is 5.32 Å². The van der Waals surface area contributed by atoms with Crippen molar-refractivity contribution in [1.82, 2.24) is 5.32 Å². The van der Waals surface area contributed by atoms with E-state index in [-0.39, 0.29) is 18.2 Å². The number of nitrogens with two attached hydrogens (primary N) is 1. The highest BCUT2D eigenvalue weighted by Crippen LogP contribution is 1.96. The Morgan fingerprint density at radius 2 is 2.13 bits per heavy atom. The number of rotatable bonds is 8. The molecule has 90 valence electrons. The highest BCUT2D eigenvalue weighted by molar-refractivity contribution is 7.89. The van der Waals surface area contributed by atoms with Gasteiger partial charge in [-0.15, -0.1) is 0 Å². The number of primary sulfonamides is 1. The summed E-state index contributed by atoms with van der Waals surface area (Å²) in [5.41, 5.74) is 0. The average molecular weight is 238 g/mol. The molecule has 6 nitrogen and oxygen atoms in total. The number of carboxylic acids is 1. The van der Waals surface area contributed by atoms with E-state index in [1.807, 2.05) is 6.92 Å². The molecular weight excluding hydrogens is 220 g/mol. The van der Waals surface area contributed by atoms with E-state index >= 15 is 0 Å². The van der Waals surface area contributed by atoms with Gasteiger partial charge < -0.3 is 10.4 Å². The van der Waals surface area contributed by atoms with Gasteiger partial charge in [-0.25, -0.2) is 13.6 Å². The highest BCUT2D eigenvalue weighted by Gasteiger charge is 2.05. The van der Waals surface area contributed by atoms with Crippen molar-refractivity contribution in [2.45, 2.75) is 32.2 Å². The molecule has 0 aromatic heterocycles. The van der Waals surface area contributed by atoms with E-state index in [9.17, 15) is 13.2 Å². The van der Waals surface area contributed by atoms with Crippen LogP contribution in [0.1, 0.15) is 26.2 Å². The molecule has 1 unspecified atom stereocenters. The van der Waals surface area contributed by atoms with Crippen molar-refractivity contribution >= 4 is 16.0 Å². The summed E-state index contributed by atoms with van der Waals surface area (Å²) in [6.07, 6.45) is 1.09. The third kappa shape index (κ3) is 11.3. The first-order valence-electron chi connectivity index (χ1n) is 4.77. The molecule has 0 radical (unpaired) electrons. The van der Waals surface area contributed by atoms with E-state index in [0.717, 1.165) is 0 Å².